The van der Waals surface area contributed by atoms with Gasteiger partial charge in [-0.25, -0.2) is 9.97 Å². The third-order valence-electron chi connectivity index (χ3n) is 6.42. The topological polar surface area (TPSA) is 59.9 Å². The molecule has 166 valence electrons. The van der Waals surface area contributed by atoms with Crippen LogP contribution in [0.4, 0.5) is 4.39 Å². The molecule has 1 saturated carbocycles. The number of nitrogens with zero attached hydrogens (tertiary/aromatic N) is 2. The predicted molar refractivity (Wildman–Crippen MR) is 120 cm³/mol. The highest BCUT2D eigenvalue weighted by Crippen LogP contribution is 2.32. The minimum atomic E-state index is -0.299. The third kappa shape index (κ3) is 7.05. The zero-order chi connectivity index (χ0) is 22.1. The molecule has 0 bridgehead atoms. The molecule has 0 aliphatic heterocycles. The molecule has 1 fully saturated rings. The Hall–Kier alpha value is -2.43. The van der Waals surface area contributed by atoms with Gasteiger partial charge in [0.15, 0.2) is 5.82 Å². The molecule has 31 heavy (non-hydrogen) atoms. The lowest BCUT2D eigenvalue weighted by molar-refractivity contribution is -0.124. The van der Waals surface area contributed by atoms with E-state index in [2.05, 4.69) is 9.97 Å². The Labute approximate surface area is 184 Å². The molecule has 2 aromatic rings. The lowest BCUT2D eigenvalue weighted by Crippen LogP contribution is -2.23. The Balaban J connectivity index is 1.47. The molecule has 5 heteroatoms. The van der Waals surface area contributed by atoms with Gasteiger partial charge in [-0.2, -0.15) is 0 Å². The Morgan fingerprint density at radius 2 is 1.68 bits per heavy atom. The van der Waals surface area contributed by atoms with Crippen molar-refractivity contribution in [2.45, 2.75) is 71.1 Å². The number of hydrogen-bond acceptors (Lipinski definition) is 4. The van der Waals surface area contributed by atoms with Crippen LogP contribution in [-0.4, -0.2) is 28.2 Å². The number of benzene rings is 1. The monoisotopic (exact) mass is 424 g/mol. The van der Waals surface area contributed by atoms with Crippen molar-refractivity contribution in [2.75, 3.05) is 6.67 Å². The lowest BCUT2D eigenvalue weighted by Gasteiger charge is -2.27. The zero-order valence-electron chi connectivity index (χ0n) is 18.5. The quantitative estimate of drug-likeness (QED) is 0.463. The van der Waals surface area contributed by atoms with Crippen LogP contribution in [0, 0.1) is 11.8 Å². The normalized spacial score (nSPS) is 18.6. The fourth-order valence-electron chi connectivity index (χ4n) is 4.35. The maximum absolute atomic E-state index is 12.7. The van der Waals surface area contributed by atoms with Gasteiger partial charge < -0.3 is 0 Å². The van der Waals surface area contributed by atoms with Crippen molar-refractivity contribution in [1.82, 2.24) is 9.97 Å². The lowest BCUT2D eigenvalue weighted by atomic mass is 9.77. The summed E-state index contributed by atoms with van der Waals surface area (Å²) in [6, 6.07) is 7.89. The molecule has 0 saturated heterocycles. The molecule has 0 amide bonds. The molecular weight excluding hydrogens is 391 g/mol. The Bertz CT molecular complexity index is 841. The summed E-state index contributed by atoms with van der Waals surface area (Å²) in [5.74, 6) is 1.96. The fraction of sp³-hybridized carbons (Fsp3) is 0.538. The molecular formula is C26H33FN2O2. The van der Waals surface area contributed by atoms with E-state index < -0.39 is 0 Å². The third-order valence-corrected chi connectivity index (χ3v) is 6.42. The van der Waals surface area contributed by atoms with Crippen LogP contribution >= 0.6 is 0 Å². The molecule has 1 heterocycles. The summed E-state index contributed by atoms with van der Waals surface area (Å²) >= 11 is 0. The second-order valence-corrected chi connectivity index (χ2v) is 8.70. The van der Waals surface area contributed by atoms with Gasteiger partial charge in [0.2, 0.25) is 0 Å². The van der Waals surface area contributed by atoms with Gasteiger partial charge in [0.1, 0.15) is 11.6 Å². The Morgan fingerprint density at radius 1 is 1.00 bits per heavy atom. The van der Waals surface area contributed by atoms with E-state index in [0.29, 0.717) is 43.2 Å². The van der Waals surface area contributed by atoms with E-state index in [4.69, 9.17) is 0 Å². The number of carbonyl (C=O) groups excluding carboxylic acids is 2. The van der Waals surface area contributed by atoms with Gasteiger partial charge in [0.25, 0.3) is 0 Å². The van der Waals surface area contributed by atoms with E-state index in [1.807, 2.05) is 31.2 Å². The summed E-state index contributed by atoms with van der Waals surface area (Å²) in [6.45, 7) is 1.62. The van der Waals surface area contributed by atoms with Crippen LogP contribution in [-0.2, 0) is 22.4 Å². The number of halogens is 1. The van der Waals surface area contributed by atoms with Crippen molar-refractivity contribution in [2.24, 2.45) is 11.8 Å². The summed E-state index contributed by atoms with van der Waals surface area (Å²) in [4.78, 5) is 33.1. The van der Waals surface area contributed by atoms with Crippen molar-refractivity contribution in [1.29, 1.82) is 0 Å². The number of carbonyl (C=O) groups is 2. The first-order valence-electron chi connectivity index (χ1n) is 11.6. The van der Waals surface area contributed by atoms with Gasteiger partial charge in [0.05, 0.1) is 6.67 Å². The molecule has 0 N–H and O–H groups in total. The molecule has 3 rings (SSSR count). The Kier molecular flexibility index (Phi) is 8.86. The van der Waals surface area contributed by atoms with E-state index >= 15 is 0 Å². The number of alkyl halides is 1. The first-order chi connectivity index (χ1) is 15.1. The van der Waals surface area contributed by atoms with Crippen molar-refractivity contribution in [3.8, 4) is 11.4 Å². The van der Waals surface area contributed by atoms with Crippen LogP contribution < -0.4 is 0 Å². The first-order valence-corrected chi connectivity index (χ1v) is 11.6. The van der Waals surface area contributed by atoms with Crippen LogP contribution in [0.5, 0.6) is 0 Å². The maximum Gasteiger partial charge on any atom is 0.159 e. The molecule has 1 aromatic heterocycles. The smallest absolute Gasteiger partial charge is 0.159 e. The first kappa shape index (κ1) is 23.2. The van der Waals surface area contributed by atoms with E-state index in [0.717, 1.165) is 55.2 Å². The van der Waals surface area contributed by atoms with E-state index in [1.54, 1.807) is 12.4 Å². The van der Waals surface area contributed by atoms with Gasteiger partial charge in [-0.3, -0.25) is 14.0 Å². The number of rotatable bonds is 11. The van der Waals surface area contributed by atoms with Crippen LogP contribution in [0.25, 0.3) is 11.4 Å². The van der Waals surface area contributed by atoms with Crippen LogP contribution in [0.15, 0.2) is 36.7 Å². The molecule has 1 aromatic carbocycles. The molecule has 0 radical (unpaired) electrons. The fourth-order valence-corrected chi connectivity index (χ4v) is 4.35. The summed E-state index contributed by atoms with van der Waals surface area (Å²) in [5.41, 5.74) is 2.88. The van der Waals surface area contributed by atoms with Gasteiger partial charge in [-0.05, 0) is 62.0 Å². The van der Waals surface area contributed by atoms with Gasteiger partial charge in [0, 0.05) is 43.1 Å². The standard InChI is InChI=1S/C26H33FN2O2/c1-2-24(30)14-9-20-5-10-22(11-6-20)25(31)16-21-17-28-26(29-18-21)23-12-7-19(8-13-23)4-3-15-27/h7-8,12-13,17-18,20,22H,2-6,9-11,14-16H2,1H3/t20-,22-. The number of Topliss-reactive ketones (excluding diaryl/α,β-unsaturated/α-hetero) is 2. The molecule has 1 aliphatic carbocycles. The highest BCUT2D eigenvalue weighted by molar-refractivity contribution is 5.83. The average molecular weight is 425 g/mol. The van der Waals surface area contributed by atoms with E-state index in [-0.39, 0.29) is 18.4 Å². The second kappa shape index (κ2) is 11.8. The van der Waals surface area contributed by atoms with Gasteiger partial charge in [-0.1, -0.05) is 31.2 Å². The summed E-state index contributed by atoms with van der Waals surface area (Å²) in [6.07, 6.45) is 11.4. The second-order valence-electron chi connectivity index (χ2n) is 8.70. The van der Waals surface area contributed by atoms with E-state index in [9.17, 15) is 14.0 Å². The summed E-state index contributed by atoms with van der Waals surface area (Å²) < 4.78 is 12.3. The SMILES string of the molecule is CCC(=O)CC[C@H]1CC[C@H](C(=O)Cc2cnc(-c3ccc(CCCF)cc3)nc2)CC1. The molecule has 0 unspecified atom stereocenters. The maximum atomic E-state index is 12.7. The van der Waals surface area contributed by atoms with Crippen molar-refractivity contribution >= 4 is 11.6 Å². The number of aromatic nitrogens is 2. The van der Waals surface area contributed by atoms with Crippen LogP contribution in [0.3, 0.4) is 0 Å². The summed E-state index contributed by atoms with van der Waals surface area (Å²) in [5, 5.41) is 0. The van der Waals surface area contributed by atoms with Crippen molar-refractivity contribution in [3.63, 3.8) is 0 Å². The van der Waals surface area contributed by atoms with E-state index in [1.165, 1.54) is 0 Å². The molecule has 0 atom stereocenters. The minimum absolute atomic E-state index is 0.120. The van der Waals surface area contributed by atoms with Gasteiger partial charge in [-0.15, -0.1) is 0 Å². The minimum Gasteiger partial charge on any atom is -0.300 e. The molecule has 0 spiro atoms. The van der Waals surface area contributed by atoms with Gasteiger partial charge >= 0.3 is 0 Å². The predicted octanol–water partition coefficient (Wildman–Crippen LogP) is 5.72. The number of ketones is 2. The number of aryl methyl sites for hydroxylation is 1. The highest BCUT2D eigenvalue weighted by atomic mass is 19.1. The molecule has 4 nitrogen and oxygen atoms in total. The van der Waals surface area contributed by atoms with Crippen molar-refractivity contribution in [3.05, 3.63) is 47.8 Å². The van der Waals surface area contributed by atoms with Crippen LogP contribution in [0.1, 0.15) is 69.4 Å². The largest absolute Gasteiger partial charge is 0.300 e. The zero-order valence-corrected chi connectivity index (χ0v) is 18.5. The van der Waals surface area contributed by atoms with Crippen molar-refractivity contribution < 1.29 is 14.0 Å². The number of hydrogen-bond donors (Lipinski definition) is 0. The Morgan fingerprint density at radius 3 is 2.29 bits per heavy atom. The average Bonchev–Trinajstić information content (AvgIpc) is 2.82. The van der Waals surface area contributed by atoms with Crippen LogP contribution in [0.2, 0.25) is 0 Å². The summed E-state index contributed by atoms with van der Waals surface area (Å²) in [7, 11) is 0. The molecule has 1 aliphatic rings. The highest BCUT2D eigenvalue weighted by Gasteiger charge is 2.26.